The Hall–Kier alpha value is -1.54. The average Bonchev–Trinajstić information content (AvgIpc) is 2.02. The second kappa shape index (κ2) is 6.03. The number of hydrogen-bond donors (Lipinski definition) is 2. The molecule has 0 spiro atoms. The molecule has 72 valence electrons. The van der Waals surface area contributed by atoms with E-state index in [0.717, 1.165) is 0 Å². The average molecular weight is 185 g/mol. The fourth-order valence-corrected chi connectivity index (χ4v) is 0.656. The summed E-state index contributed by atoms with van der Waals surface area (Å²) in [5.41, 5.74) is 0. The van der Waals surface area contributed by atoms with Crippen molar-refractivity contribution in [3.63, 3.8) is 0 Å². The number of carboxylic acid groups (broad SMARTS) is 1. The minimum absolute atomic E-state index is 0.0311. The van der Waals surface area contributed by atoms with Crippen molar-refractivity contribution in [3.8, 4) is 12.3 Å². The highest BCUT2D eigenvalue weighted by atomic mass is 16.5. The van der Waals surface area contributed by atoms with Gasteiger partial charge in [0.1, 0.15) is 6.61 Å². The molecule has 0 aliphatic carbocycles. The quantitative estimate of drug-likeness (QED) is 0.435. The third-order valence-electron chi connectivity index (χ3n) is 1.15. The molecule has 0 heterocycles. The molecule has 5 heteroatoms. The largest absolute Gasteiger partial charge is 0.480 e. The molecule has 2 N–H and O–H groups in total. The minimum atomic E-state index is -1.15. The topological polar surface area (TPSA) is 75.6 Å². The molecule has 0 bridgehead atoms. The Balaban J connectivity index is 3.89. The van der Waals surface area contributed by atoms with Crippen molar-refractivity contribution in [3.05, 3.63) is 0 Å². The normalized spacial score (nSPS) is 11.4. The van der Waals surface area contributed by atoms with Crippen LogP contribution in [0.15, 0.2) is 0 Å². The Labute approximate surface area is 76.1 Å². The zero-order valence-corrected chi connectivity index (χ0v) is 7.24. The lowest BCUT2D eigenvalue weighted by atomic mass is 10.3. The van der Waals surface area contributed by atoms with E-state index in [1.165, 1.54) is 6.92 Å². The molecule has 0 aromatic rings. The van der Waals surface area contributed by atoms with Crippen LogP contribution in [0.25, 0.3) is 0 Å². The molecule has 0 fully saturated rings. The van der Waals surface area contributed by atoms with Gasteiger partial charge in [0.15, 0.2) is 6.04 Å². The lowest BCUT2D eigenvalue weighted by molar-refractivity contribution is -0.143. The van der Waals surface area contributed by atoms with E-state index in [1.54, 1.807) is 0 Å². The van der Waals surface area contributed by atoms with Crippen molar-refractivity contribution < 1.29 is 19.4 Å². The number of rotatable bonds is 5. The highest BCUT2D eigenvalue weighted by Gasteiger charge is 2.17. The van der Waals surface area contributed by atoms with Crippen molar-refractivity contribution in [1.82, 2.24) is 5.32 Å². The molecule has 0 unspecified atom stereocenters. The van der Waals surface area contributed by atoms with Gasteiger partial charge in [-0.3, -0.25) is 4.79 Å². The number of carbonyl (C=O) groups excluding carboxylic acids is 1. The minimum Gasteiger partial charge on any atom is -0.480 e. The molecule has 0 saturated carbocycles. The zero-order chi connectivity index (χ0) is 10.3. The van der Waals surface area contributed by atoms with E-state index < -0.39 is 17.9 Å². The van der Waals surface area contributed by atoms with Gasteiger partial charge in [-0.05, 0) is 0 Å². The van der Waals surface area contributed by atoms with Crippen molar-refractivity contribution in [2.24, 2.45) is 0 Å². The Kier molecular flexibility index (Phi) is 5.32. The summed E-state index contributed by atoms with van der Waals surface area (Å²) in [6, 6.07) is -1.04. The number of hydrogen-bond acceptors (Lipinski definition) is 3. The fraction of sp³-hybridized carbons (Fsp3) is 0.500. The third kappa shape index (κ3) is 5.70. The first-order valence-corrected chi connectivity index (χ1v) is 3.59. The van der Waals surface area contributed by atoms with Crippen molar-refractivity contribution >= 4 is 11.9 Å². The Morgan fingerprint density at radius 1 is 1.69 bits per heavy atom. The maximum Gasteiger partial charge on any atom is 0.328 e. The Bertz CT molecular complexity index is 231. The predicted molar refractivity (Wildman–Crippen MR) is 44.9 cm³/mol. The Morgan fingerprint density at radius 2 is 2.31 bits per heavy atom. The molecule has 0 rings (SSSR count). The van der Waals surface area contributed by atoms with Crippen LogP contribution >= 0.6 is 0 Å². The van der Waals surface area contributed by atoms with Crippen molar-refractivity contribution in [2.75, 3.05) is 13.2 Å². The molecule has 0 aliphatic heterocycles. The number of amides is 1. The fourth-order valence-electron chi connectivity index (χ4n) is 0.656. The van der Waals surface area contributed by atoms with Gasteiger partial charge in [0.25, 0.3) is 0 Å². The SMILES string of the molecule is C#CCOC[C@H](NC(C)=O)C(=O)O. The summed E-state index contributed by atoms with van der Waals surface area (Å²) >= 11 is 0. The van der Waals surface area contributed by atoms with E-state index in [9.17, 15) is 9.59 Å². The second-order valence-corrected chi connectivity index (χ2v) is 2.31. The highest BCUT2D eigenvalue weighted by molar-refractivity contribution is 5.82. The van der Waals surface area contributed by atoms with Crippen LogP contribution in [0.2, 0.25) is 0 Å². The molecule has 5 nitrogen and oxygen atoms in total. The van der Waals surface area contributed by atoms with E-state index in [0.29, 0.717) is 0 Å². The molecule has 0 aromatic heterocycles. The van der Waals surface area contributed by atoms with Crippen LogP contribution < -0.4 is 5.32 Å². The van der Waals surface area contributed by atoms with Crippen LogP contribution in [0.3, 0.4) is 0 Å². The highest BCUT2D eigenvalue weighted by Crippen LogP contribution is 1.86. The van der Waals surface area contributed by atoms with E-state index in [1.807, 2.05) is 0 Å². The summed E-state index contributed by atoms with van der Waals surface area (Å²) in [5, 5.41) is 10.8. The van der Waals surface area contributed by atoms with Crippen molar-refractivity contribution in [2.45, 2.75) is 13.0 Å². The lowest BCUT2D eigenvalue weighted by Gasteiger charge is -2.11. The summed E-state index contributed by atoms with van der Waals surface area (Å²) in [4.78, 5) is 21.0. The molecule has 0 aliphatic rings. The predicted octanol–water partition coefficient (Wildman–Crippen LogP) is -0.774. The van der Waals surface area contributed by atoms with Gasteiger partial charge < -0.3 is 15.2 Å². The first kappa shape index (κ1) is 11.5. The van der Waals surface area contributed by atoms with Crippen LogP contribution in [0.4, 0.5) is 0 Å². The first-order chi connectivity index (χ1) is 6.07. The molecule has 13 heavy (non-hydrogen) atoms. The summed E-state index contributed by atoms with van der Waals surface area (Å²) in [5.74, 6) is 0.622. The maximum absolute atomic E-state index is 10.5. The van der Waals surface area contributed by atoms with Crippen molar-refractivity contribution in [1.29, 1.82) is 0 Å². The van der Waals surface area contributed by atoms with E-state index in [2.05, 4.69) is 11.2 Å². The van der Waals surface area contributed by atoms with Gasteiger partial charge in [0.05, 0.1) is 6.61 Å². The molecule has 0 radical (unpaired) electrons. The van der Waals surface area contributed by atoms with Gasteiger partial charge in [-0.15, -0.1) is 6.42 Å². The molecular formula is C8H11NO4. The van der Waals surface area contributed by atoms with Crippen LogP contribution in [0, 0.1) is 12.3 Å². The maximum atomic E-state index is 10.5. The standard InChI is InChI=1S/C8H11NO4/c1-3-4-13-5-7(8(11)12)9-6(2)10/h1,7H,4-5H2,2H3,(H,9,10)(H,11,12)/t7-/m0/s1. The molecular weight excluding hydrogens is 174 g/mol. The number of terminal acetylenes is 1. The summed E-state index contributed by atoms with van der Waals surface area (Å²) < 4.78 is 4.78. The molecule has 0 aromatic carbocycles. The third-order valence-corrected chi connectivity index (χ3v) is 1.15. The smallest absolute Gasteiger partial charge is 0.328 e. The van der Waals surface area contributed by atoms with Gasteiger partial charge in [-0.2, -0.15) is 0 Å². The number of carboxylic acids is 1. The van der Waals surface area contributed by atoms with E-state index >= 15 is 0 Å². The van der Waals surface area contributed by atoms with E-state index in [-0.39, 0.29) is 13.2 Å². The van der Waals surface area contributed by atoms with Gasteiger partial charge in [-0.1, -0.05) is 5.92 Å². The van der Waals surface area contributed by atoms with Crippen LogP contribution in [-0.2, 0) is 14.3 Å². The zero-order valence-electron chi connectivity index (χ0n) is 7.24. The molecule has 1 amide bonds. The van der Waals surface area contributed by atoms with Gasteiger partial charge >= 0.3 is 5.97 Å². The van der Waals surface area contributed by atoms with Gasteiger partial charge in [0.2, 0.25) is 5.91 Å². The number of nitrogens with one attached hydrogen (secondary N) is 1. The van der Waals surface area contributed by atoms with E-state index in [4.69, 9.17) is 16.3 Å². The number of aliphatic carboxylic acids is 1. The lowest BCUT2D eigenvalue weighted by Crippen LogP contribution is -2.43. The van der Waals surface area contributed by atoms with Gasteiger partial charge in [-0.25, -0.2) is 4.79 Å². The summed E-state index contributed by atoms with van der Waals surface area (Å²) in [6.45, 7) is 1.14. The van der Waals surface area contributed by atoms with Crippen LogP contribution in [-0.4, -0.2) is 36.2 Å². The summed E-state index contributed by atoms with van der Waals surface area (Å²) in [7, 11) is 0. The van der Waals surface area contributed by atoms with Crippen LogP contribution in [0.5, 0.6) is 0 Å². The second-order valence-electron chi connectivity index (χ2n) is 2.31. The first-order valence-electron chi connectivity index (χ1n) is 3.59. The van der Waals surface area contributed by atoms with Crippen LogP contribution in [0.1, 0.15) is 6.92 Å². The Morgan fingerprint density at radius 3 is 2.69 bits per heavy atom. The summed E-state index contributed by atoms with van der Waals surface area (Å²) in [6.07, 6.45) is 4.88. The monoisotopic (exact) mass is 185 g/mol. The number of carbonyl (C=O) groups is 2. The molecule has 0 saturated heterocycles. The van der Waals surface area contributed by atoms with Gasteiger partial charge in [0, 0.05) is 6.92 Å². The number of ether oxygens (including phenoxy) is 1. The molecule has 1 atom stereocenters.